The molecule has 0 radical (unpaired) electrons. The van der Waals surface area contributed by atoms with Crippen LogP contribution in [0.1, 0.15) is 50.4 Å². The second kappa shape index (κ2) is 9.21. The molecule has 3 aromatic rings. The number of nitrogens with zero attached hydrogens (tertiary/aromatic N) is 3. The molecule has 7 nitrogen and oxygen atoms in total. The van der Waals surface area contributed by atoms with Crippen molar-refractivity contribution in [1.82, 2.24) is 15.2 Å². The third kappa shape index (κ3) is 4.22. The van der Waals surface area contributed by atoms with E-state index in [1.165, 1.54) is 0 Å². The van der Waals surface area contributed by atoms with E-state index in [1.54, 1.807) is 4.90 Å². The van der Waals surface area contributed by atoms with Crippen LogP contribution in [-0.2, 0) is 23.2 Å². The van der Waals surface area contributed by atoms with Gasteiger partial charge in [0, 0.05) is 42.5 Å². The van der Waals surface area contributed by atoms with Crippen molar-refractivity contribution >= 4 is 28.4 Å². The Balaban J connectivity index is 1.45. The van der Waals surface area contributed by atoms with Crippen molar-refractivity contribution in [1.29, 1.82) is 0 Å². The summed E-state index contributed by atoms with van der Waals surface area (Å²) in [5.74, 6) is 0.0276. The van der Waals surface area contributed by atoms with E-state index < -0.39 is 5.41 Å². The van der Waals surface area contributed by atoms with E-state index in [1.807, 2.05) is 68.3 Å². The highest BCUT2D eigenvalue weighted by Gasteiger charge is 2.59. The summed E-state index contributed by atoms with van der Waals surface area (Å²) in [6, 6.07) is 16.0. The number of hydrogen-bond acceptors (Lipinski definition) is 4. The number of fused-ring (bicyclic) bond motifs is 3. The molecule has 1 fully saturated rings. The van der Waals surface area contributed by atoms with Gasteiger partial charge in [-0.1, -0.05) is 42.5 Å². The number of benzene rings is 2. The lowest BCUT2D eigenvalue weighted by molar-refractivity contribution is -0.127. The second-order valence-corrected chi connectivity index (χ2v) is 11.0. The third-order valence-corrected chi connectivity index (χ3v) is 7.19. The Morgan fingerprint density at radius 2 is 1.81 bits per heavy atom. The lowest BCUT2D eigenvalue weighted by atomic mass is 9.74. The molecule has 3 amide bonds. The molecule has 0 saturated carbocycles. The maximum absolute atomic E-state index is 14.0. The van der Waals surface area contributed by atoms with Crippen LogP contribution in [0.4, 0.5) is 10.5 Å². The van der Waals surface area contributed by atoms with Gasteiger partial charge in [0.2, 0.25) is 5.91 Å². The van der Waals surface area contributed by atoms with Gasteiger partial charge in [-0.2, -0.15) is 0 Å². The minimum atomic E-state index is -0.709. The first-order chi connectivity index (χ1) is 17.2. The van der Waals surface area contributed by atoms with E-state index in [0.717, 1.165) is 52.5 Å². The molecule has 36 heavy (non-hydrogen) atoms. The van der Waals surface area contributed by atoms with Crippen LogP contribution in [0.2, 0.25) is 0 Å². The number of hydrogen-bond donors (Lipinski definition) is 2. The molecule has 5 rings (SSSR count). The lowest BCUT2D eigenvalue weighted by Crippen LogP contribution is -2.67. The summed E-state index contributed by atoms with van der Waals surface area (Å²) >= 11 is 0. The normalized spacial score (nSPS) is 16.4. The number of aliphatic hydroxyl groups excluding tert-OH is 1. The van der Waals surface area contributed by atoms with Crippen molar-refractivity contribution in [3.05, 3.63) is 71.5 Å². The molecule has 0 unspecified atom stereocenters. The van der Waals surface area contributed by atoms with Crippen LogP contribution in [0.3, 0.4) is 0 Å². The molecule has 188 valence electrons. The molecule has 0 atom stereocenters. The molecule has 3 heterocycles. The largest absolute Gasteiger partial charge is 0.396 e. The number of likely N-dealkylation sites (tertiary alicyclic amines) is 1. The molecule has 0 bridgehead atoms. The van der Waals surface area contributed by atoms with Crippen molar-refractivity contribution in [2.45, 2.75) is 57.5 Å². The van der Waals surface area contributed by atoms with Crippen LogP contribution in [-0.4, -0.2) is 52.2 Å². The molecule has 1 spiro atoms. The van der Waals surface area contributed by atoms with Crippen LogP contribution >= 0.6 is 0 Å². The topological polar surface area (TPSA) is 85.8 Å². The Morgan fingerprint density at radius 1 is 1.08 bits per heavy atom. The average Bonchev–Trinajstić information content (AvgIpc) is 3.06. The molecular formula is C29H34N4O3. The zero-order valence-electron chi connectivity index (χ0n) is 21.3. The average molecular weight is 487 g/mol. The first kappa shape index (κ1) is 24.3. The van der Waals surface area contributed by atoms with Gasteiger partial charge in [-0.05, 0) is 62.6 Å². The minimum Gasteiger partial charge on any atom is -0.396 e. The molecule has 2 N–H and O–H groups in total. The number of amides is 3. The Labute approximate surface area is 212 Å². The Hall–Kier alpha value is -3.45. The van der Waals surface area contributed by atoms with Gasteiger partial charge in [0.1, 0.15) is 5.41 Å². The zero-order chi connectivity index (χ0) is 25.5. The van der Waals surface area contributed by atoms with Crippen LogP contribution in [0.5, 0.6) is 0 Å². The van der Waals surface area contributed by atoms with E-state index in [2.05, 4.69) is 17.4 Å². The number of carbonyl (C=O) groups excluding carboxylic acids is 2. The van der Waals surface area contributed by atoms with Gasteiger partial charge in [0.15, 0.2) is 0 Å². The number of nitrogens with one attached hydrogen (secondary N) is 1. The third-order valence-electron chi connectivity index (χ3n) is 7.19. The van der Waals surface area contributed by atoms with Gasteiger partial charge >= 0.3 is 6.03 Å². The van der Waals surface area contributed by atoms with Gasteiger partial charge in [0.25, 0.3) is 0 Å². The number of rotatable bonds is 6. The molecule has 0 aliphatic carbocycles. The number of aryl methyl sites for hydroxylation is 1. The van der Waals surface area contributed by atoms with Crippen molar-refractivity contribution in [2.24, 2.45) is 0 Å². The Kier molecular flexibility index (Phi) is 6.20. The highest BCUT2D eigenvalue weighted by molar-refractivity contribution is 6.10. The summed E-state index contributed by atoms with van der Waals surface area (Å²) in [6.07, 6.45) is 4.25. The maximum atomic E-state index is 14.0. The maximum Gasteiger partial charge on any atom is 0.317 e. The fraction of sp³-hybridized carbons (Fsp3) is 0.414. The van der Waals surface area contributed by atoms with E-state index >= 15 is 0 Å². The summed E-state index contributed by atoms with van der Waals surface area (Å²) in [4.78, 5) is 35.1. The standard InChI is InChI=1S/C29H34N4O3/c1-28(2,3)31-27(36)32-18-29(19-32)23-13-6-7-14-25(23)33(26(29)35)17-24-22(12-8-9-15-34)21-11-5-4-10-20(21)16-30-24/h4-7,10-11,13-14,16,34H,8-9,12,15,17-19H2,1-3H3,(H,31,36). The number of anilines is 1. The van der Waals surface area contributed by atoms with E-state index in [9.17, 15) is 14.7 Å². The quantitative estimate of drug-likeness (QED) is 0.513. The number of para-hydroxylation sites is 1. The summed E-state index contributed by atoms with van der Waals surface area (Å²) in [5, 5.41) is 14.5. The zero-order valence-corrected chi connectivity index (χ0v) is 21.3. The highest BCUT2D eigenvalue weighted by Crippen LogP contribution is 2.48. The molecule has 7 heteroatoms. The fourth-order valence-electron chi connectivity index (χ4n) is 5.45. The van der Waals surface area contributed by atoms with E-state index in [0.29, 0.717) is 19.6 Å². The number of aromatic nitrogens is 1. The smallest absolute Gasteiger partial charge is 0.317 e. The molecule has 1 saturated heterocycles. The first-order valence-corrected chi connectivity index (χ1v) is 12.7. The van der Waals surface area contributed by atoms with Gasteiger partial charge in [-0.25, -0.2) is 4.79 Å². The number of urea groups is 1. The number of aliphatic hydroxyl groups is 1. The highest BCUT2D eigenvalue weighted by atomic mass is 16.3. The van der Waals surface area contributed by atoms with Gasteiger partial charge in [0.05, 0.1) is 12.2 Å². The summed E-state index contributed by atoms with van der Waals surface area (Å²) in [6.45, 7) is 7.14. The Bertz CT molecular complexity index is 1310. The van der Waals surface area contributed by atoms with Crippen molar-refractivity contribution in [3.63, 3.8) is 0 Å². The van der Waals surface area contributed by atoms with Crippen molar-refractivity contribution in [3.8, 4) is 0 Å². The van der Waals surface area contributed by atoms with Crippen molar-refractivity contribution < 1.29 is 14.7 Å². The first-order valence-electron chi connectivity index (χ1n) is 12.7. The minimum absolute atomic E-state index is 0.0276. The second-order valence-electron chi connectivity index (χ2n) is 11.0. The number of unbranched alkanes of at least 4 members (excludes halogenated alkanes) is 1. The Morgan fingerprint density at radius 3 is 2.56 bits per heavy atom. The van der Waals surface area contributed by atoms with Crippen LogP contribution < -0.4 is 10.2 Å². The van der Waals surface area contributed by atoms with Gasteiger partial charge < -0.3 is 20.2 Å². The summed E-state index contributed by atoms with van der Waals surface area (Å²) < 4.78 is 0. The van der Waals surface area contributed by atoms with E-state index in [4.69, 9.17) is 4.98 Å². The molecule has 1 aromatic heterocycles. The molecule has 2 aliphatic heterocycles. The summed E-state index contributed by atoms with van der Waals surface area (Å²) in [5.41, 5.74) is 2.85. The van der Waals surface area contributed by atoms with Crippen LogP contribution in [0, 0.1) is 0 Å². The lowest BCUT2D eigenvalue weighted by Gasteiger charge is -2.47. The van der Waals surface area contributed by atoms with Crippen LogP contribution in [0.15, 0.2) is 54.7 Å². The molecule has 2 aliphatic rings. The van der Waals surface area contributed by atoms with E-state index in [-0.39, 0.29) is 24.1 Å². The predicted molar refractivity (Wildman–Crippen MR) is 141 cm³/mol. The predicted octanol–water partition coefficient (Wildman–Crippen LogP) is 4.16. The van der Waals surface area contributed by atoms with Gasteiger partial charge in [-0.15, -0.1) is 0 Å². The number of carbonyl (C=O) groups is 2. The molecule has 2 aromatic carbocycles. The van der Waals surface area contributed by atoms with Gasteiger partial charge in [-0.3, -0.25) is 9.78 Å². The molecular weight excluding hydrogens is 452 g/mol. The monoisotopic (exact) mass is 486 g/mol. The summed E-state index contributed by atoms with van der Waals surface area (Å²) in [7, 11) is 0. The number of pyridine rings is 1. The fourth-order valence-corrected chi connectivity index (χ4v) is 5.45. The van der Waals surface area contributed by atoms with Crippen LogP contribution in [0.25, 0.3) is 10.8 Å². The SMILES string of the molecule is CC(C)(C)NC(=O)N1CC2(C1)C(=O)N(Cc1ncc3ccccc3c1CCCCO)c1ccccc12. The van der Waals surface area contributed by atoms with Crippen molar-refractivity contribution in [2.75, 3.05) is 24.6 Å².